The second-order valence-electron chi connectivity index (χ2n) is 3.69. The summed E-state index contributed by atoms with van der Waals surface area (Å²) in [6.07, 6.45) is 5.76. The Bertz CT molecular complexity index is 312. The van der Waals surface area contributed by atoms with Gasteiger partial charge in [0.25, 0.3) is 0 Å². The maximum Gasteiger partial charge on any atom is 0.148 e. The molecular weight excluding hydrogens is 212 g/mol. The average Bonchev–Trinajstić information content (AvgIpc) is 2.74. The molecule has 0 amide bonds. The summed E-state index contributed by atoms with van der Waals surface area (Å²) < 4.78 is 0. The highest BCUT2D eigenvalue weighted by atomic mass is 35.5. The van der Waals surface area contributed by atoms with Gasteiger partial charge in [-0.15, -0.1) is 0 Å². The number of nitrogens with one attached hydrogen (secondary N) is 1. The number of anilines is 1. The van der Waals surface area contributed by atoms with Gasteiger partial charge >= 0.3 is 0 Å². The van der Waals surface area contributed by atoms with Crippen LogP contribution in [0.15, 0.2) is 12.5 Å². The molecule has 1 saturated heterocycles. The number of aromatic nitrogens is 2. The van der Waals surface area contributed by atoms with Gasteiger partial charge in [0.15, 0.2) is 0 Å². The lowest BCUT2D eigenvalue weighted by Gasteiger charge is -2.15. The number of likely N-dealkylation sites (tertiary alicyclic amines) is 1. The summed E-state index contributed by atoms with van der Waals surface area (Å²) in [5.74, 6) is 0.728. The molecule has 0 atom stereocenters. The third-order valence-electron chi connectivity index (χ3n) is 2.59. The minimum Gasteiger partial charge on any atom is -0.367 e. The van der Waals surface area contributed by atoms with E-state index in [1.54, 1.807) is 6.20 Å². The van der Waals surface area contributed by atoms with Crippen molar-refractivity contribution in [2.75, 3.05) is 31.5 Å². The Morgan fingerprint density at radius 2 is 2.20 bits per heavy atom. The van der Waals surface area contributed by atoms with E-state index >= 15 is 0 Å². The Morgan fingerprint density at radius 1 is 1.40 bits per heavy atom. The van der Waals surface area contributed by atoms with Crippen LogP contribution in [0.4, 0.5) is 5.82 Å². The number of hydrogen-bond acceptors (Lipinski definition) is 4. The lowest BCUT2D eigenvalue weighted by atomic mass is 10.4. The van der Waals surface area contributed by atoms with E-state index in [2.05, 4.69) is 20.2 Å². The van der Waals surface area contributed by atoms with E-state index in [0.717, 1.165) is 18.9 Å². The lowest BCUT2D eigenvalue weighted by Crippen LogP contribution is -2.26. The SMILES string of the molecule is Clc1cncnc1NCCN1CCCC1. The predicted molar refractivity (Wildman–Crippen MR) is 61.2 cm³/mol. The fraction of sp³-hybridized carbons (Fsp3) is 0.600. The van der Waals surface area contributed by atoms with E-state index in [9.17, 15) is 0 Å². The van der Waals surface area contributed by atoms with Crippen LogP contribution in [0.25, 0.3) is 0 Å². The summed E-state index contributed by atoms with van der Waals surface area (Å²) >= 11 is 5.92. The Hall–Kier alpha value is -0.870. The first kappa shape index (κ1) is 10.6. The van der Waals surface area contributed by atoms with Gasteiger partial charge in [-0.25, -0.2) is 9.97 Å². The van der Waals surface area contributed by atoms with Crippen LogP contribution < -0.4 is 5.32 Å². The van der Waals surface area contributed by atoms with Crippen molar-refractivity contribution in [1.29, 1.82) is 0 Å². The standard InChI is InChI=1S/C10H15ClN4/c11-9-7-12-8-14-10(9)13-3-6-15-4-1-2-5-15/h7-8H,1-6H2,(H,12,13,14). The van der Waals surface area contributed by atoms with Gasteiger partial charge in [-0.05, 0) is 25.9 Å². The fourth-order valence-corrected chi connectivity index (χ4v) is 1.95. The Kier molecular flexibility index (Phi) is 3.75. The molecule has 5 heteroatoms. The molecule has 2 rings (SSSR count). The van der Waals surface area contributed by atoms with E-state index in [0.29, 0.717) is 5.02 Å². The molecule has 0 aromatic carbocycles. The molecular formula is C10H15ClN4. The van der Waals surface area contributed by atoms with Crippen LogP contribution in [0.5, 0.6) is 0 Å². The zero-order valence-corrected chi connectivity index (χ0v) is 9.37. The summed E-state index contributed by atoms with van der Waals surface area (Å²) in [7, 11) is 0. The van der Waals surface area contributed by atoms with Gasteiger partial charge in [-0.2, -0.15) is 0 Å². The van der Waals surface area contributed by atoms with E-state index in [1.165, 1.54) is 32.3 Å². The second kappa shape index (κ2) is 5.28. The van der Waals surface area contributed by atoms with E-state index < -0.39 is 0 Å². The maximum absolute atomic E-state index is 5.92. The highest BCUT2D eigenvalue weighted by molar-refractivity contribution is 6.32. The van der Waals surface area contributed by atoms with Gasteiger partial charge in [-0.1, -0.05) is 11.6 Å². The van der Waals surface area contributed by atoms with Crippen LogP contribution in [-0.2, 0) is 0 Å². The van der Waals surface area contributed by atoms with Crippen LogP contribution in [-0.4, -0.2) is 41.0 Å². The molecule has 15 heavy (non-hydrogen) atoms. The molecule has 2 heterocycles. The Balaban J connectivity index is 1.75. The molecule has 0 aliphatic carbocycles. The molecule has 4 nitrogen and oxygen atoms in total. The molecule has 0 unspecified atom stereocenters. The smallest absolute Gasteiger partial charge is 0.148 e. The van der Waals surface area contributed by atoms with E-state index in [4.69, 9.17) is 11.6 Å². The maximum atomic E-state index is 5.92. The van der Waals surface area contributed by atoms with Gasteiger partial charge in [-0.3, -0.25) is 0 Å². The first-order valence-electron chi connectivity index (χ1n) is 5.28. The van der Waals surface area contributed by atoms with Crippen molar-refractivity contribution >= 4 is 17.4 Å². The van der Waals surface area contributed by atoms with Gasteiger partial charge in [0, 0.05) is 13.1 Å². The van der Waals surface area contributed by atoms with Crippen molar-refractivity contribution in [3.05, 3.63) is 17.5 Å². The van der Waals surface area contributed by atoms with Crippen molar-refractivity contribution in [2.24, 2.45) is 0 Å². The topological polar surface area (TPSA) is 41.1 Å². The average molecular weight is 227 g/mol. The first-order chi connectivity index (χ1) is 7.36. The van der Waals surface area contributed by atoms with Gasteiger partial charge in [0.2, 0.25) is 0 Å². The fourth-order valence-electron chi connectivity index (χ4n) is 1.78. The monoisotopic (exact) mass is 226 g/mol. The quantitative estimate of drug-likeness (QED) is 0.848. The largest absolute Gasteiger partial charge is 0.367 e. The Labute approximate surface area is 94.7 Å². The predicted octanol–water partition coefficient (Wildman–Crippen LogP) is 1.64. The zero-order valence-electron chi connectivity index (χ0n) is 8.62. The zero-order chi connectivity index (χ0) is 10.5. The molecule has 1 aliphatic rings. The number of hydrogen-bond donors (Lipinski definition) is 1. The second-order valence-corrected chi connectivity index (χ2v) is 4.10. The molecule has 0 bridgehead atoms. The molecule has 1 aromatic heterocycles. The highest BCUT2D eigenvalue weighted by Gasteiger charge is 2.10. The molecule has 0 spiro atoms. The first-order valence-corrected chi connectivity index (χ1v) is 5.66. The van der Waals surface area contributed by atoms with Crippen LogP contribution in [0.1, 0.15) is 12.8 Å². The van der Waals surface area contributed by atoms with Crippen molar-refractivity contribution in [2.45, 2.75) is 12.8 Å². The van der Waals surface area contributed by atoms with Gasteiger partial charge in [0.1, 0.15) is 17.2 Å². The molecule has 82 valence electrons. The van der Waals surface area contributed by atoms with Gasteiger partial charge < -0.3 is 10.2 Å². The summed E-state index contributed by atoms with van der Waals surface area (Å²) in [4.78, 5) is 10.4. The van der Waals surface area contributed by atoms with Crippen molar-refractivity contribution in [1.82, 2.24) is 14.9 Å². The van der Waals surface area contributed by atoms with Crippen molar-refractivity contribution < 1.29 is 0 Å². The lowest BCUT2D eigenvalue weighted by molar-refractivity contribution is 0.352. The minimum absolute atomic E-state index is 0.582. The summed E-state index contributed by atoms with van der Waals surface area (Å²) in [6.45, 7) is 4.38. The molecule has 1 aliphatic heterocycles. The normalized spacial score (nSPS) is 16.9. The van der Waals surface area contributed by atoms with Crippen molar-refractivity contribution in [3.8, 4) is 0 Å². The van der Waals surface area contributed by atoms with E-state index in [-0.39, 0.29) is 0 Å². The molecule has 0 saturated carbocycles. The third kappa shape index (κ3) is 3.04. The van der Waals surface area contributed by atoms with Crippen LogP contribution in [0.2, 0.25) is 5.02 Å². The highest BCUT2D eigenvalue weighted by Crippen LogP contribution is 2.15. The van der Waals surface area contributed by atoms with Crippen LogP contribution in [0.3, 0.4) is 0 Å². The Morgan fingerprint density at radius 3 is 2.93 bits per heavy atom. The van der Waals surface area contributed by atoms with E-state index in [1.807, 2.05) is 0 Å². The summed E-state index contributed by atoms with van der Waals surface area (Å²) in [6, 6.07) is 0. The number of halogens is 1. The summed E-state index contributed by atoms with van der Waals surface area (Å²) in [5.41, 5.74) is 0. The van der Waals surface area contributed by atoms with Crippen molar-refractivity contribution in [3.63, 3.8) is 0 Å². The minimum atomic E-state index is 0.582. The number of rotatable bonds is 4. The summed E-state index contributed by atoms with van der Waals surface area (Å²) in [5, 5.41) is 3.80. The molecule has 1 aromatic rings. The van der Waals surface area contributed by atoms with Gasteiger partial charge in [0.05, 0.1) is 6.20 Å². The van der Waals surface area contributed by atoms with Crippen LogP contribution >= 0.6 is 11.6 Å². The molecule has 1 N–H and O–H groups in total. The third-order valence-corrected chi connectivity index (χ3v) is 2.86. The number of nitrogens with zero attached hydrogens (tertiary/aromatic N) is 3. The van der Waals surface area contributed by atoms with Crippen LogP contribution in [0, 0.1) is 0 Å². The molecule has 1 fully saturated rings. The molecule has 0 radical (unpaired) electrons.